The second-order valence-corrected chi connectivity index (χ2v) is 7.67. The molecule has 160 valence electrons. The molecule has 0 aliphatic heterocycles. The summed E-state index contributed by atoms with van der Waals surface area (Å²) in [6, 6.07) is 19.9. The highest BCUT2D eigenvalue weighted by Crippen LogP contribution is 2.33. The summed E-state index contributed by atoms with van der Waals surface area (Å²) < 4.78 is 5.15. The fourth-order valence-electron chi connectivity index (χ4n) is 2.74. The number of carbonyl (C=O) groups is 2. The number of nitro groups is 1. The molecule has 0 fully saturated rings. The van der Waals surface area contributed by atoms with Crippen molar-refractivity contribution in [2.75, 3.05) is 11.9 Å². The van der Waals surface area contributed by atoms with Crippen molar-refractivity contribution in [3.8, 4) is 6.07 Å². The Kier molecular flexibility index (Phi) is 7.21. The summed E-state index contributed by atoms with van der Waals surface area (Å²) in [5.74, 6) is -1.32. The fraction of sp³-hybridized carbons (Fsp3) is 0.0870. The van der Waals surface area contributed by atoms with Gasteiger partial charge in [0.15, 0.2) is 6.61 Å². The third-order valence-corrected chi connectivity index (χ3v) is 5.53. The van der Waals surface area contributed by atoms with Crippen molar-refractivity contribution in [3.05, 3.63) is 93.5 Å². The molecule has 3 aromatic rings. The molecule has 0 unspecified atom stereocenters. The molecule has 9 heteroatoms. The van der Waals surface area contributed by atoms with E-state index in [1.54, 1.807) is 55.5 Å². The summed E-state index contributed by atoms with van der Waals surface area (Å²) in [7, 11) is 0. The highest BCUT2D eigenvalue weighted by molar-refractivity contribution is 7.99. The smallest absolute Gasteiger partial charge is 0.339 e. The predicted molar refractivity (Wildman–Crippen MR) is 118 cm³/mol. The summed E-state index contributed by atoms with van der Waals surface area (Å²) in [5, 5.41) is 22.7. The molecule has 0 aliphatic carbocycles. The number of nitrogens with one attached hydrogen (secondary N) is 1. The van der Waals surface area contributed by atoms with Crippen molar-refractivity contribution in [3.63, 3.8) is 0 Å². The van der Waals surface area contributed by atoms with Crippen LogP contribution in [0.2, 0.25) is 0 Å². The van der Waals surface area contributed by atoms with Crippen LogP contribution in [0.5, 0.6) is 0 Å². The van der Waals surface area contributed by atoms with Gasteiger partial charge in [-0.2, -0.15) is 5.26 Å². The van der Waals surface area contributed by atoms with Crippen LogP contribution in [0.1, 0.15) is 21.5 Å². The lowest BCUT2D eigenvalue weighted by Crippen LogP contribution is -2.21. The number of amides is 1. The lowest BCUT2D eigenvalue weighted by Gasteiger charge is -2.11. The van der Waals surface area contributed by atoms with Gasteiger partial charge in [0.25, 0.3) is 11.6 Å². The van der Waals surface area contributed by atoms with Crippen LogP contribution in [0.4, 0.5) is 11.4 Å². The summed E-state index contributed by atoms with van der Waals surface area (Å²) in [5.41, 5.74) is 1.47. The van der Waals surface area contributed by atoms with Gasteiger partial charge in [0, 0.05) is 21.9 Å². The van der Waals surface area contributed by atoms with Crippen molar-refractivity contribution >= 4 is 35.0 Å². The van der Waals surface area contributed by atoms with E-state index >= 15 is 0 Å². The zero-order valence-electron chi connectivity index (χ0n) is 16.9. The minimum Gasteiger partial charge on any atom is -0.452 e. The topological polar surface area (TPSA) is 122 Å². The highest BCUT2D eigenvalue weighted by Gasteiger charge is 2.17. The third kappa shape index (κ3) is 5.50. The van der Waals surface area contributed by atoms with Gasteiger partial charge in [0.05, 0.1) is 21.7 Å². The van der Waals surface area contributed by atoms with Gasteiger partial charge in [0.2, 0.25) is 0 Å². The molecule has 0 aromatic heterocycles. The van der Waals surface area contributed by atoms with Crippen LogP contribution < -0.4 is 5.32 Å². The molecular weight excluding hydrogens is 430 g/mol. The normalized spacial score (nSPS) is 10.1. The van der Waals surface area contributed by atoms with Crippen molar-refractivity contribution in [2.45, 2.75) is 16.7 Å². The quantitative estimate of drug-likeness (QED) is 0.316. The SMILES string of the molecule is Cc1ccc([N+](=O)[O-])cc1NC(=O)COC(=O)c1ccccc1Sc1ccccc1C#N. The number of nitriles is 1. The Morgan fingerprint density at radius 2 is 1.78 bits per heavy atom. The van der Waals surface area contributed by atoms with E-state index in [9.17, 15) is 25.0 Å². The number of anilines is 1. The van der Waals surface area contributed by atoms with E-state index in [2.05, 4.69) is 11.4 Å². The first-order valence-corrected chi connectivity index (χ1v) is 10.2. The van der Waals surface area contributed by atoms with Gasteiger partial charge in [-0.05, 0) is 36.8 Å². The lowest BCUT2D eigenvalue weighted by molar-refractivity contribution is -0.384. The number of benzene rings is 3. The standard InChI is InChI=1S/C23H17N3O5S/c1-15-10-11-17(26(29)30)12-19(15)25-22(27)14-31-23(28)18-7-3-5-9-21(18)32-20-8-4-2-6-16(20)13-24/h2-12H,14H2,1H3,(H,25,27). The number of hydrogen-bond donors (Lipinski definition) is 1. The van der Waals surface area contributed by atoms with Crippen LogP contribution in [-0.2, 0) is 9.53 Å². The zero-order valence-corrected chi connectivity index (χ0v) is 17.7. The maximum Gasteiger partial charge on any atom is 0.339 e. The van der Waals surface area contributed by atoms with E-state index < -0.39 is 23.4 Å². The molecule has 0 saturated carbocycles. The van der Waals surface area contributed by atoms with Crippen LogP contribution >= 0.6 is 11.8 Å². The Morgan fingerprint density at radius 3 is 2.50 bits per heavy atom. The summed E-state index contributed by atoms with van der Waals surface area (Å²) in [4.78, 5) is 36.5. The largest absolute Gasteiger partial charge is 0.452 e. The average molecular weight is 447 g/mol. The molecule has 1 amide bonds. The zero-order chi connectivity index (χ0) is 23.1. The highest BCUT2D eigenvalue weighted by atomic mass is 32.2. The number of ether oxygens (including phenoxy) is 1. The van der Waals surface area contributed by atoms with Crippen molar-refractivity contribution in [1.82, 2.24) is 0 Å². The second-order valence-electron chi connectivity index (χ2n) is 6.59. The molecule has 8 nitrogen and oxygen atoms in total. The molecule has 0 radical (unpaired) electrons. The Hall–Kier alpha value is -4.16. The van der Waals surface area contributed by atoms with Gasteiger partial charge in [-0.25, -0.2) is 4.79 Å². The van der Waals surface area contributed by atoms with Gasteiger partial charge in [-0.15, -0.1) is 0 Å². The Balaban J connectivity index is 1.68. The first-order chi connectivity index (χ1) is 15.4. The molecule has 0 bridgehead atoms. The molecule has 3 rings (SSSR count). The predicted octanol–water partition coefficient (Wildman–Crippen LogP) is 4.72. The monoisotopic (exact) mass is 447 g/mol. The first-order valence-electron chi connectivity index (χ1n) is 9.37. The number of aryl methyl sites for hydroxylation is 1. The Morgan fingerprint density at radius 1 is 1.09 bits per heavy atom. The van der Waals surface area contributed by atoms with Gasteiger partial charge < -0.3 is 10.1 Å². The number of hydrogen-bond acceptors (Lipinski definition) is 7. The van der Waals surface area contributed by atoms with Crippen LogP contribution in [0.15, 0.2) is 76.5 Å². The van der Waals surface area contributed by atoms with Gasteiger partial charge in [-0.1, -0.05) is 42.1 Å². The number of carbonyl (C=O) groups excluding carboxylic acids is 2. The summed E-state index contributed by atoms with van der Waals surface area (Å²) >= 11 is 1.25. The Bertz CT molecular complexity index is 1240. The molecule has 0 atom stereocenters. The van der Waals surface area contributed by atoms with Crippen LogP contribution in [-0.4, -0.2) is 23.4 Å². The maximum absolute atomic E-state index is 12.6. The van der Waals surface area contributed by atoms with E-state index in [0.29, 0.717) is 20.9 Å². The second kappa shape index (κ2) is 10.2. The minimum atomic E-state index is -0.701. The van der Waals surface area contributed by atoms with Gasteiger partial charge in [-0.3, -0.25) is 14.9 Å². The molecule has 32 heavy (non-hydrogen) atoms. The fourth-order valence-corrected chi connectivity index (χ4v) is 3.76. The number of esters is 1. The van der Waals surface area contributed by atoms with Crippen LogP contribution in [0.3, 0.4) is 0 Å². The van der Waals surface area contributed by atoms with Gasteiger partial charge in [0.1, 0.15) is 6.07 Å². The van der Waals surface area contributed by atoms with Gasteiger partial charge >= 0.3 is 5.97 Å². The van der Waals surface area contributed by atoms with Crippen LogP contribution in [0, 0.1) is 28.4 Å². The Labute approximate surface area is 188 Å². The lowest BCUT2D eigenvalue weighted by atomic mass is 10.2. The number of nitrogens with zero attached hydrogens (tertiary/aromatic N) is 2. The molecule has 3 aromatic carbocycles. The van der Waals surface area contributed by atoms with E-state index in [0.717, 1.165) is 0 Å². The minimum absolute atomic E-state index is 0.161. The van der Waals surface area contributed by atoms with Crippen LogP contribution in [0.25, 0.3) is 0 Å². The number of rotatable bonds is 7. The molecule has 0 heterocycles. The summed E-state index contributed by atoms with van der Waals surface area (Å²) in [6.45, 7) is 1.13. The molecule has 0 saturated heterocycles. The molecule has 0 aliphatic rings. The van der Waals surface area contributed by atoms with E-state index in [-0.39, 0.29) is 16.9 Å². The maximum atomic E-state index is 12.6. The van der Waals surface area contributed by atoms with E-state index in [4.69, 9.17) is 4.74 Å². The van der Waals surface area contributed by atoms with Crippen molar-refractivity contribution in [2.24, 2.45) is 0 Å². The third-order valence-electron chi connectivity index (χ3n) is 4.37. The van der Waals surface area contributed by atoms with E-state index in [1.807, 2.05) is 0 Å². The first kappa shape index (κ1) is 22.5. The van der Waals surface area contributed by atoms with E-state index in [1.165, 1.54) is 30.0 Å². The number of nitro benzene ring substituents is 1. The van der Waals surface area contributed by atoms with Crippen molar-refractivity contribution < 1.29 is 19.2 Å². The molecular formula is C23H17N3O5S. The summed E-state index contributed by atoms with van der Waals surface area (Å²) in [6.07, 6.45) is 0. The number of non-ortho nitro benzene ring substituents is 1. The average Bonchev–Trinajstić information content (AvgIpc) is 2.79. The molecule has 1 N–H and O–H groups in total. The van der Waals surface area contributed by atoms with Crippen molar-refractivity contribution in [1.29, 1.82) is 5.26 Å². The molecule has 0 spiro atoms.